The molecule has 192 valence electrons. The molecular weight excluding hydrogens is 460 g/mol. The molecule has 8 heteroatoms. The third-order valence-electron chi connectivity index (χ3n) is 8.46. The fraction of sp³-hybridized carbons (Fsp3) is 0.808. The molecule has 34 heavy (non-hydrogen) atoms. The number of aliphatic hydroxyl groups is 1. The van der Waals surface area contributed by atoms with Crippen molar-refractivity contribution in [3.63, 3.8) is 0 Å². The van der Waals surface area contributed by atoms with Crippen molar-refractivity contribution in [1.29, 1.82) is 0 Å². The Morgan fingerprint density at radius 3 is 2.26 bits per heavy atom. The van der Waals surface area contributed by atoms with Crippen LogP contribution in [0.1, 0.15) is 104 Å². The van der Waals surface area contributed by atoms with Crippen LogP contribution in [0.3, 0.4) is 0 Å². The Morgan fingerprint density at radius 2 is 1.71 bits per heavy atom. The molecule has 2 N–H and O–H groups in total. The van der Waals surface area contributed by atoms with Gasteiger partial charge in [0.2, 0.25) is 5.92 Å². The van der Waals surface area contributed by atoms with Crippen LogP contribution >= 0.6 is 11.3 Å². The van der Waals surface area contributed by atoms with Gasteiger partial charge in [-0.15, -0.1) is 11.3 Å². The number of hydrogen-bond acceptors (Lipinski definition) is 5. The number of nitrogens with zero attached hydrogens (tertiary/aromatic N) is 1. The highest BCUT2D eigenvalue weighted by molar-refractivity contribution is 7.14. The van der Waals surface area contributed by atoms with Crippen LogP contribution in [0.4, 0.5) is 14.5 Å². The topological polar surface area (TPSA) is 70.0 Å². The largest absolute Gasteiger partial charge is 0.477 e. The quantitative estimate of drug-likeness (QED) is 0.411. The molecule has 0 spiro atoms. The smallest absolute Gasteiger partial charge is 0.348 e. The van der Waals surface area contributed by atoms with Crippen LogP contribution in [-0.2, 0) is 4.74 Å². The minimum atomic E-state index is -2.62. The summed E-state index contributed by atoms with van der Waals surface area (Å²) >= 11 is 1.21. The number of carboxylic acids is 1. The van der Waals surface area contributed by atoms with E-state index in [1.165, 1.54) is 11.3 Å². The summed E-state index contributed by atoms with van der Waals surface area (Å²) in [6.07, 6.45) is 7.32. The number of methoxy groups -OCH3 is 1. The molecule has 1 aromatic rings. The summed E-state index contributed by atoms with van der Waals surface area (Å²) in [5.41, 5.74) is 0.580. The van der Waals surface area contributed by atoms with Gasteiger partial charge in [0.1, 0.15) is 11.1 Å². The Hall–Kier alpha value is -1.25. The highest BCUT2D eigenvalue weighted by Gasteiger charge is 2.40. The summed E-state index contributed by atoms with van der Waals surface area (Å²) in [6, 6.07) is 1.94. The van der Waals surface area contributed by atoms with Crippen molar-refractivity contribution in [1.82, 2.24) is 0 Å². The predicted octanol–water partition coefficient (Wildman–Crippen LogP) is 6.65. The van der Waals surface area contributed by atoms with Crippen LogP contribution in [0.5, 0.6) is 0 Å². The average Bonchev–Trinajstić information content (AvgIpc) is 3.25. The van der Waals surface area contributed by atoms with Crippen LogP contribution in [0.15, 0.2) is 6.07 Å². The van der Waals surface area contributed by atoms with Gasteiger partial charge in [0.05, 0.1) is 11.8 Å². The third-order valence-corrected chi connectivity index (χ3v) is 9.74. The summed E-state index contributed by atoms with van der Waals surface area (Å²) in [4.78, 5) is 15.4. The van der Waals surface area contributed by atoms with Crippen LogP contribution < -0.4 is 4.90 Å². The molecule has 0 radical (unpaired) electrons. The molecule has 3 fully saturated rings. The summed E-state index contributed by atoms with van der Waals surface area (Å²) < 4.78 is 33.0. The highest BCUT2D eigenvalue weighted by Crippen LogP contribution is 2.47. The van der Waals surface area contributed by atoms with Crippen LogP contribution in [0.25, 0.3) is 0 Å². The zero-order valence-electron chi connectivity index (χ0n) is 20.3. The fourth-order valence-corrected chi connectivity index (χ4v) is 7.36. The van der Waals surface area contributed by atoms with Gasteiger partial charge in [0.15, 0.2) is 0 Å². The van der Waals surface area contributed by atoms with Crippen LogP contribution in [0.2, 0.25) is 0 Å². The van der Waals surface area contributed by atoms with E-state index in [0.717, 1.165) is 56.2 Å². The van der Waals surface area contributed by atoms with E-state index < -0.39 is 18.1 Å². The molecule has 1 unspecified atom stereocenters. The van der Waals surface area contributed by atoms with E-state index in [2.05, 4.69) is 6.92 Å². The molecule has 5 nitrogen and oxygen atoms in total. The second kappa shape index (κ2) is 10.8. The molecule has 0 saturated heterocycles. The molecule has 4 rings (SSSR count). The maximum atomic E-state index is 13.7. The summed E-state index contributed by atoms with van der Waals surface area (Å²) in [7, 11) is 1.72. The van der Waals surface area contributed by atoms with Crippen molar-refractivity contribution in [2.75, 3.05) is 12.0 Å². The maximum Gasteiger partial charge on any atom is 0.348 e. The summed E-state index contributed by atoms with van der Waals surface area (Å²) in [5, 5.41) is 21.7. The Kier molecular flexibility index (Phi) is 8.20. The first-order valence-corrected chi connectivity index (χ1v) is 13.7. The Labute approximate surface area is 205 Å². The zero-order valence-corrected chi connectivity index (χ0v) is 21.2. The van der Waals surface area contributed by atoms with Crippen LogP contribution in [-0.4, -0.2) is 47.6 Å². The molecule has 3 aliphatic carbocycles. The van der Waals surface area contributed by atoms with Gasteiger partial charge in [-0.3, -0.25) is 0 Å². The van der Waals surface area contributed by atoms with Gasteiger partial charge in [-0.1, -0.05) is 19.8 Å². The minimum absolute atomic E-state index is 0.0389. The van der Waals surface area contributed by atoms with Crippen molar-refractivity contribution in [2.24, 2.45) is 11.8 Å². The molecule has 0 aromatic carbocycles. The Balaban J connectivity index is 1.64. The second-order valence-electron chi connectivity index (χ2n) is 10.8. The minimum Gasteiger partial charge on any atom is -0.477 e. The fourth-order valence-electron chi connectivity index (χ4n) is 6.20. The molecule has 1 atom stereocenters. The Morgan fingerprint density at radius 1 is 1.09 bits per heavy atom. The number of anilines is 1. The molecule has 0 aliphatic heterocycles. The van der Waals surface area contributed by atoms with Gasteiger partial charge in [0, 0.05) is 36.8 Å². The van der Waals surface area contributed by atoms with Crippen molar-refractivity contribution in [3.8, 4) is 0 Å². The second-order valence-corrected chi connectivity index (χ2v) is 11.9. The standard InChI is InChI=1S/C26H39F2NO4S/c1-16-3-5-18(6-4-16)24(30)29(19-7-9-20(33-2)10-8-19)21-15-22(34-23(21)25(31)32)17-11-13-26(27,28)14-12-17/h15-20,24,30H,3-14H2,1-2H3,(H,31,32). The van der Waals surface area contributed by atoms with Gasteiger partial charge in [0.25, 0.3) is 0 Å². The highest BCUT2D eigenvalue weighted by atomic mass is 32.1. The first-order valence-electron chi connectivity index (χ1n) is 12.9. The number of aromatic carboxylic acids is 1. The van der Waals surface area contributed by atoms with Crippen molar-refractivity contribution >= 4 is 23.0 Å². The maximum absolute atomic E-state index is 13.7. The normalized spacial score (nSPS) is 31.2. The molecule has 3 aliphatic rings. The van der Waals surface area contributed by atoms with E-state index in [9.17, 15) is 23.8 Å². The molecular formula is C26H39F2NO4S. The van der Waals surface area contributed by atoms with Crippen molar-refractivity contribution in [2.45, 2.75) is 114 Å². The molecule has 0 bridgehead atoms. The lowest BCUT2D eigenvalue weighted by Crippen LogP contribution is -2.50. The lowest BCUT2D eigenvalue weighted by Gasteiger charge is -2.44. The first-order chi connectivity index (χ1) is 16.2. The van der Waals surface area contributed by atoms with Crippen LogP contribution in [0, 0.1) is 11.8 Å². The monoisotopic (exact) mass is 499 g/mol. The number of aliphatic hydroxyl groups excluding tert-OH is 1. The predicted molar refractivity (Wildman–Crippen MR) is 130 cm³/mol. The van der Waals surface area contributed by atoms with E-state index in [0.29, 0.717) is 24.4 Å². The third kappa shape index (κ3) is 5.76. The molecule has 1 heterocycles. The number of carboxylic acid groups (broad SMARTS) is 1. The summed E-state index contributed by atoms with van der Waals surface area (Å²) in [6.45, 7) is 2.24. The van der Waals surface area contributed by atoms with Gasteiger partial charge in [-0.2, -0.15) is 0 Å². The SMILES string of the molecule is COC1CCC(N(c2cc(C3CCC(F)(F)CC3)sc2C(=O)O)C(O)C2CCC(C)CC2)CC1. The molecule has 3 saturated carbocycles. The zero-order chi connectivity index (χ0) is 24.5. The number of halogens is 2. The molecule has 0 amide bonds. The average molecular weight is 500 g/mol. The number of hydrogen-bond donors (Lipinski definition) is 2. The van der Waals surface area contributed by atoms with Gasteiger partial charge in [-0.25, -0.2) is 13.6 Å². The van der Waals surface area contributed by atoms with E-state index >= 15 is 0 Å². The lowest BCUT2D eigenvalue weighted by atomic mass is 9.81. The summed E-state index contributed by atoms with van der Waals surface area (Å²) in [5.74, 6) is -2.91. The number of carbonyl (C=O) groups is 1. The van der Waals surface area contributed by atoms with Gasteiger partial charge < -0.3 is 19.8 Å². The van der Waals surface area contributed by atoms with E-state index in [1.54, 1.807) is 7.11 Å². The van der Waals surface area contributed by atoms with E-state index in [4.69, 9.17) is 4.74 Å². The number of rotatable bonds is 7. The van der Waals surface area contributed by atoms with Crippen molar-refractivity contribution < 1.29 is 28.5 Å². The first kappa shape index (κ1) is 25.8. The number of thiophene rings is 1. The van der Waals surface area contributed by atoms with Crippen molar-refractivity contribution in [3.05, 3.63) is 15.8 Å². The lowest BCUT2D eigenvalue weighted by molar-refractivity contribution is -0.0379. The molecule has 1 aromatic heterocycles. The van der Waals surface area contributed by atoms with Gasteiger partial charge >= 0.3 is 5.97 Å². The number of alkyl halides is 2. The van der Waals surface area contributed by atoms with Gasteiger partial charge in [-0.05, 0) is 69.3 Å². The van der Waals surface area contributed by atoms with E-state index in [1.807, 2.05) is 11.0 Å². The Bertz CT molecular complexity index is 821. The number of ether oxygens (including phenoxy) is 1. The van der Waals surface area contributed by atoms with E-state index in [-0.39, 0.29) is 41.7 Å².